The monoisotopic (exact) mass is 333 g/mol. The fourth-order valence-corrected chi connectivity index (χ4v) is 3.42. The lowest BCUT2D eigenvalue weighted by atomic mass is 9.94. The highest BCUT2D eigenvalue weighted by molar-refractivity contribution is 9.10. The first-order valence-corrected chi connectivity index (χ1v) is 7.61. The number of hydrogen-bond acceptors (Lipinski definition) is 3. The minimum atomic E-state index is -0.750. The summed E-state index contributed by atoms with van der Waals surface area (Å²) in [5, 5.41) is 11.3. The Labute approximate surface area is 124 Å². The zero-order chi connectivity index (χ0) is 13.8. The molecule has 2 nitrogen and oxygen atoms in total. The zero-order valence-electron chi connectivity index (χ0n) is 10.4. The van der Waals surface area contributed by atoms with E-state index in [0.717, 1.165) is 22.0 Å². The van der Waals surface area contributed by atoms with Gasteiger partial charge in [-0.25, -0.2) is 0 Å². The molecular weight excluding hydrogens is 322 g/mol. The maximum absolute atomic E-state index is 12.5. The van der Waals surface area contributed by atoms with Crippen molar-refractivity contribution in [1.29, 1.82) is 5.26 Å². The summed E-state index contributed by atoms with van der Waals surface area (Å²) in [6.45, 7) is 2.01. The summed E-state index contributed by atoms with van der Waals surface area (Å²) in [4.78, 5) is 13.2. The molecule has 4 heteroatoms. The Morgan fingerprint density at radius 1 is 1.42 bits per heavy atom. The standard InChI is InChI=1S/C15H12BrNOS/c1-2-10-7-8-19-15(10)14(18)12(9-17)11-5-3-4-6-13(11)16/h3-8,12H,2H2,1H3. The van der Waals surface area contributed by atoms with E-state index in [-0.39, 0.29) is 5.78 Å². The number of Topliss-reactive ketones (excluding diaryl/α,β-unsaturated/α-hetero) is 1. The average Bonchev–Trinajstić information content (AvgIpc) is 2.89. The Morgan fingerprint density at radius 3 is 2.79 bits per heavy atom. The molecule has 0 fully saturated rings. The fourth-order valence-electron chi connectivity index (χ4n) is 1.94. The van der Waals surface area contributed by atoms with E-state index in [9.17, 15) is 10.1 Å². The molecule has 0 aliphatic carbocycles. The summed E-state index contributed by atoms with van der Waals surface area (Å²) >= 11 is 4.82. The van der Waals surface area contributed by atoms with Crippen LogP contribution in [0.3, 0.4) is 0 Å². The Morgan fingerprint density at radius 2 is 2.16 bits per heavy atom. The first kappa shape index (κ1) is 14.0. The number of carbonyl (C=O) groups is 1. The van der Waals surface area contributed by atoms with E-state index in [1.54, 1.807) is 0 Å². The number of nitriles is 1. The van der Waals surface area contributed by atoms with Gasteiger partial charge in [-0.2, -0.15) is 5.26 Å². The molecule has 19 heavy (non-hydrogen) atoms. The lowest BCUT2D eigenvalue weighted by Gasteiger charge is -2.10. The highest BCUT2D eigenvalue weighted by Crippen LogP contribution is 2.30. The Bertz CT molecular complexity index is 642. The molecule has 1 atom stereocenters. The van der Waals surface area contributed by atoms with Crippen LogP contribution in [-0.4, -0.2) is 5.78 Å². The summed E-state index contributed by atoms with van der Waals surface area (Å²) < 4.78 is 0.796. The number of carbonyl (C=O) groups excluding carboxylic acids is 1. The third kappa shape index (κ3) is 2.78. The van der Waals surface area contributed by atoms with E-state index in [0.29, 0.717) is 4.88 Å². The second-order valence-electron chi connectivity index (χ2n) is 4.08. The van der Waals surface area contributed by atoms with E-state index >= 15 is 0 Å². The third-order valence-electron chi connectivity index (χ3n) is 2.96. The first-order chi connectivity index (χ1) is 9.19. The van der Waals surface area contributed by atoms with Crippen molar-refractivity contribution in [3.63, 3.8) is 0 Å². The molecule has 0 aliphatic rings. The van der Waals surface area contributed by atoms with Gasteiger partial charge in [0.2, 0.25) is 0 Å². The average molecular weight is 334 g/mol. The van der Waals surface area contributed by atoms with E-state index in [4.69, 9.17) is 0 Å². The van der Waals surface area contributed by atoms with Crippen molar-refractivity contribution in [2.45, 2.75) is 19.3 Å². The normalized spacial score (nSPS) is 11.8. The number of ketones is 1. The number of rotatable bonds is 4. The minimum Gasteiger partial charge on any atom is -0.291 e. The molecule has 1 heterocycles. The van der Waals surface area contributed by atoms with Crippen molar-refractivity contribution in [3.05, 3.63) is 56.2 Å². The maximum Gasteiger partial charge on any atom is 0.194 e. The molecule has 1 aromatic carbocycles. The second kappa shape index (κ2) is 6.14. The fraction of sp³-hybridized carbons (Fsp3) is 0.200. The van der Waals surface area contributed by atoms with Crippen molar-refractivity contribution in [3.8, 4) is 6.07 Å². The molecule has 0 spiro atoms. The maximum atomic E-state index is 12.5. The topological polar surface area (TPSA) is 40.9 Å². The van der Waals surface area contributed by atoms with Gasteiger partial charge in [0.1, 0.15) is 5.92 Å². The highest BCUT2D eigenvalue weighted by atomic mass is 79.9. The number of nitrogens with zero attached hydrogens (tertiary/aromatic N) is 1. The zero-order valence-corrected chi connectivity index (χ0v) is 12.8. The van der Waals surface area contributed by atoms with Crippen LogP contribution in [-0.2, 0) is 6.42 Å². The van der Waals surface area contributed by atoms with Crippen molar-refractivity contribution in [2.24, 2.45) is 0 Å². The van der Waals surface area contributed by atoms with Crippen molar-refractivity contribution in [1.82, 2.24) is 0 Å². The van der Waals surface area contributed by atoms with Crippen LogP contribution in [0.2, 0.25) is 0 Å². The molecule has 0 saturated heterocycles. The van der Waals surface area contributed by atoms with E-state index in [1.807, 2.05) is 42.6 Å². The summed E-state index contributed by atoms with van der Waals surface area (Å²) in [5.41, 5.74) is 1.74. The van der Waals surface area contributed by atoms with Crippen LogP contribution in [0.5, 0.6) is 0 Å². The first-order valence-electron chi connectivity index (χ1n) is 5.93. The number of thiophene rings is 1. The predicted octanol–water partition coefficient (Wildman–Crippen LogP) is 4.56. The number of hydrogen-bond donors (Lipinski definition) is 0. The lowest BCUT2D eigenvalue weighted by molar-refractivity contribution is 0.0982. The molecule has 0 amide bonds. The van der Waals surface area contributed by atoms with Crippen LogP contribution >= 0.6 is 27.3 Å². The molecule has 0 radical (unpaired) electrons. The van der Waals surface area contributed by atoms with Crippen molar-refractivity contribution in [2.75, 3.05) is 0 Å². The molecule has 1 unspecified atom stereocenters. The summed E-state index contributed by atoms with van der Waals surface area (Å²) in [6, 6.07) is 11.5. The Balaban J connectivity index is 2.42. The largest absolute Gasteiger partial charge is 0.291 e. The Kier molecular flexibility index (Phi) is 4.52. The van der Waals surface area contributed by atoms with E-state index in [2.05, 4.69) is 22.0 Å². The Hall–Kier alpha value is -1.44. The van der Waals surface area contributed by atoms with Gasteiger partial charge >= 0.3 is 0 Å². The molecular formula is C15H12BrNOS. The molecule has 1 aromatic heterocycles. The van der Waals surface area contributed by atoms with Gasteiger partial charge in [-0.3, -0.25) is 4.79 Å². The molecule has 2 rings (SSSR count). The van der Waals surface area contributed by atoms with Crippen molar-refractivity contribution < 1.29 is 4.79 Å². The van der Waals surface area contributed by atoms with Crippen LogP contribution < -0.4 is 0 Å². The van der Waals surface area contributed by atoms with Gasteiger partial charge in [0.05, 0.1) is 10.9 Å². The van der Waals surface area contributed by atoms with Gasteiger partial charge in [-0.15, -0.1) is 11.3 Å². The highest BCUT2D eigenvalue weighted by Gasteiger charge is 2.25. The van der Waals surface area contributed by atoms with Crippen molar-refractivity contribution >= 4 is 33.0 Å². The van der Waals surface area contributed by atoms with Gasteiger partial charge in [0, 0.05) is 4.47 Å². The van der Waals surface area contributed by atoms with Crippen LogP contribution in [0.15, 0.2) is 40.2 Å². The molecule has 96 valence electrons. The summed E-state index contributed by atoms with van der Waals surface area (Å²) in [5.74, 6) is -0.860. The third-order valence-corrected chi connectivity index (χ3v) is 4.65. The van der Waals surface area contributed by atoms with E-state index < -0.39 is 5.92 Å². The molecule has 2 aromatic rings. The van der Waals surface area contributed by atoms with E-state index in [1.165, 1.54) is 11.3 Å². The number of halogens is 1. The van der Waals surface area contributed by atoms with Crippen LogP contribution in [0.1, 0.15) is 33.6 Å². The SMILES string of the molecule is CCc1ccsc1C(=O)C(C#N)c1ccccc1Br. The van der Waals surface area contributed by atoms with Gasteiger partial charge < -0.3 is 0 Å². The summed E-state index contributed by atoms with van der Waals surface area (Å²) in [7, 11) is 0. The number of aryl methyl sites for hydroxylation is 1. The molecule has 0 saturated carbocycles. The smallest absolute Gasteiger partial charge is 0.194 e. The van der Waals surface area contributed by atoms with Gasteiger partial charge in [0.25, 0.3) is 0 Å². The van der Waals surface area contributed by atoms with Gasteiger partial charge in [-0.1, -0.05) is 41.1 Å². The minimum absolute atomic E-state index is 0.110. The van der Waals surface area contributed by atoms with Gasteiger partial charge in [0.15, 0.2) is 5.78 Å². The van der Waals surface area contributed by atoms with Crippen LogP contribution in [0, 0.1) is 11.3 Å². The van der Waals surface area contributed by atoms with Gasteiger partial charge in [-0.05, 0) is 35.1 Å². The van der Waals surface area contributed by atoms with Crippen LogP contribution in [0.25, 0.3) is 0 Å². The summed E-state index contributed by atoms with van der Waals surface area (Å²) in [6.07, 6.45) is 0.804. The molecule has 0 bridgehead atoms. The lowest BCUT2D eigenvalue weighted by Crippen LogP contribution is -2.12. The molecule has 0 N–H and O–H groups in total. The molecule has 0 aliphatic heterocycles. The number of benzene rings is 1. The quantitative estimate of drug-likeness (QED) is 0.769. The van der Waals surface area contributed by atoms with Crippen LogP contribution in [0.4, 0.5) is 0 Å². The predicted molar refractivity (Wildman–Crippen MR) is 80.5 cm³/mol. The second-order valence-corrected chi connectivity index (χ2v) is 5.85.